The normalized spacial score (nSPS) is 10.9. The molecule has 26 heavy (non-hydrogen) atoms. The molecule has 0 atom stereocenters. The fraction of sp³-hybridized carbons (Fsp3) is 0.0952. The van der Waals surface area contributed by atoms with E-state index in [1.807, 2.05) is 48.5 Å². The Morgan fingerprint density at radius 1 is 0.923 bits per heavy atom. The summed E-state index contributed by atoms with van der Waals surface area (Å²) in [5.74, 6) is 1.77. The zero-order chi connectivity index (χ0) is 17.8. The van der Waals surface area contributed by atoms with Crippen molar-refractivity contribution in [3.05, 3.63) is 83.9 Å². The van der Waals surface area contributed by atoms with Gasteiger partial charge in [0, 0.05) is 11.4 Å². The molecule has 0 aliphatic carbocycles. The average molecular weight is 379 g/mol. The molecule has 4 aromatic rings. The van der Waals surface area contributed by atoms with E-state index < -0.39 is 0 Å². The fourth-order valence-corrected chi connectivity index (χ4v) is 4.62. The van der Waals surface area contributed by atoms with Crippen LogP contribution < -0.4 is 10.5 Å². The molecule has 130 valence electrons. The number of rotatable bonds is 6. The number of nitrogen functional groups attached to an aromatic ring is 1. The summed E-state index contributed by atoms with van der Waals surface area (Å²) in [4.78, 5) is 4.65. The minimum absolute atomic E-state index is 0.587. The largest absolute Gasteiger partial charge is 0.489 e. The van der Waals surface area contributed by atoms with Gasteiger partial charge < -0.3 is 10.5 Å². The number of hydrogen-bond donors (Lipinski definition) is 1. The molecule has 3 nitrogen and oxygen atoms in total. The van der Waals surface area contributed by atoms with Crippen LogP contribution in [-0.2, 0) is 12.4 Å². The van der Waals surface area contributed by atoms with Crippen LogP contribution in [0.2, 0.25) is 0 Å². The summed E-state index contributed by atoms with van der Waals surface area (Å²) in [5, 5.41) is 0. The summed E-state index contributed by atoms with van der Waals surface area (Å²) in [7, 11) is 0. The van der Waals surface area contributed by atoms with Gasteiger partial charge in [0.2, 0.25) is 0 Å². The monoisotopic (exact) mass is 378 g/mol. The van der Waals surface area contributed by atoms with Crippen LogP contribution in [0.15, 0.2) is 77.1 Å². The summed E-state index contributed by atoms with van der Waals surface area (Å²) >= 11 is 3.43. The molecule has 0 fully saturated rings. The Labute approximate surface area is 160 Å². The Morgan fingerprint density at radius 3 is 2.54 bits per heavy atom. The van der Waals surface area contributed by atoms with Crippen molar-refractivity contribution in [2.24, 2.45) is 0 Å². The summed E-state index contributed by atoms with van der Waals surface area (Å²) in [6, 6.07) is 24.3. The molecule has 5 heteroatoms. The van der Waals surface area contributed by atoms with E-state index in [1.54, 1.807) is 23.1 Å². The van der Waals surface area contributed by atoms with E-state index in [1.165, 1.54) is 11.1 Å². The number of thioether (sulfide) groups is 1. The highest BCUT2D eigenvalue weighted by Gasteiger charge is 2.05. The summed E-state index contributed by atoms with van der Waals surface area (Å²) in [5.41, 5.74) is 10.0. The van der Waals surface area contributed by atoms with Gasteiger partial charge in [0.05, 0.1) is 10.2 Å². The molecule has 0 radical (unpaired) electrons. The van der Waals surface area contributed by atoms with Crippen molar-refractivity contribution in [3.8, 4) is 5.75 Å². The van der Waals surface area contributed by atoms with Crippen LogP contribution >= 0.6 is 23.1 Å². The van der Waals surface area contributed by atoms with Crippen LogP contribution in [0.4, 0.5) is 5.69 Å². The van der Waals surface area contributed by atoms with Gasteiger partial charge in [-0.2, -0.15) is 0 Å². The Kier molecular flexibility index (Phi) is 5.09. The van der Waals surface area contributed by atoms with E-state index in [4.69, 9.17) is 10.5 Å². The highest BCUT2D eigenvalue weighted by atomic mass is 32.2. The van der Waals surface area contributed by atoms with Crippen LogP contribution in [-0.4, -0.2) is 4.98 Å². The second-order valence-corrected chi connectivity index (χ2v) is 8.17. The molecule has 0 saturated carbocycles. The van der Waals surface area contributed by atoms with E-state index in [2.05, 4.69) is 29.2 Å². The predicted molar refractivity (Wildman–Crippen MR) is 111 cm³/mol. The van der Waals surface area contributed by atoms with Gasteiger partial charge in [-0.25, -0.2) is 4.98 Å². The standard InChI is InChI=1S/C21H18N2OS2/c22-17-8-11-19-20(12-17)26-21(23-19)25-14-16-6-9-18(10-7-16)24-13-15-4-2-1-3-5-15/h1-12H,13-14,22H2. The first-order valence-electron chi connectivity index (χ1n) is 8.31. The van der Waals surface area contributed by atoms with Gasteiger partial charge in [-0.1, -0.05) is 54.2 Å². The van der Waals surface area contributed by atoms with Crippen molar-refractivity contribution < 1.29 is 4.74 Å². The number of aromatic nitrogens is 1. The van der Waals surface area contributed by atoms with Gasteiger partial charge in [0.15, 0.2) is 4.34 Å². The van der Waals surface area contributed by atoms with Gasteiger partial charge in [-0.05, 0) is 41.5 Å². The van der Waals surface area contributed by atoms with E-state index in [0.29, 0.717) is 6.61 Å². The maximum atomic E-state index is 5.83. The lowest BCUT2D eigenvalue weighted by Crippen LogP contribution is -1.94. The summed E-state index contributed by atoms with van der Waals surface area (Å²) < 4.78 is 8.03. The van der Waals surface area contributed by atoms with E-state index in [-0.39, 0.29) is 0 Å². The van der Waals surface area contributed by atoms with Gasteiger partial charge in [0.25, 0.3) is 0 Å². The minimum atomic E-state index is 0.587. The van der Waals surface area contributed by atoms with Gasteiger partial charge >= 0.3 is 0 Å². The molecule has 0 unspecified atom stereocenters. The fourth-order valence-electron chi connectivity index (χ4n) is 2.55. The molecular formula is C21H18N2OS2. The third-order valence-corrected chi connectivity index (χ3v) is 6.16. The molecule has 0 bridgehead atoms. The molecule has 0 aliphatic heterocycles. The topological polar surface area (TPSA) is 48.1 Å². The Balaban J connectivity index is 1.34. The maximum absolute atomic E-state index is 5.83. The Bertz CT molecular complexity index is 998. The molecule has 0 amide bonds. The van der Waals surface area contributed by atoms with E-state index >= 15 is 0 Å². The zero-order valence-electron chi connectivity index (χ0n) is 14.1. The van der Waals surface area contributed by atoms with Crippen molar-refractivity contribution in [2.75, 3.05) is 5.73 Å². The molecule has 1 heterocycles. The smallest absolute Gasteiger partial charge is 0.151 e. The number of hydrogen-bond acceptors (Lipinski definition) is 5. The predicted octanol–water partition coefficient (Wildman–Crippen LogP) is 5.75. The summed E-state index contributed by atoms with van der Waals surface area (Å²) in [6.45, 7) is 0.587. The van der Waals surface area contributed by atoms with Crippen LogP contribution in [0, 0.1) is 0 Å². The average Bonchev–Trinajstić information content (AvgIpc) is 3.08. The molecule has 2 N–H and O–H groups in total. The number of nitrogens with two attached hydrogens (primary N) is 1. The van der Waals surface area contributed by atoms with Crippen LogP contribution in [0.3, 0.4) is 0 Å². The van der Waals surface area contributed by atoms with Gasteiger partial charge in [-0.3, -0.25) is 0 Å². The number of thiazole rings is 1. The Hall–Kier alpha value is -2.50. The van der Waals surface area contributed by atoms with Crippen molar-refractivity contribution >= 4 is 39.0 Å². The number of ether oxygens (including phenoxy) is 1. The minimum Gasteiger partial charge on any atom is -0.489 e. The molecule has 0 saturated heterocycles. The zero-order valence-corrected chi connectivity index (χ0v) is 15.7. The summed E-state index contributed by atoms with van der Waals surface area (Å²) in [6.07, 6.45) is 0. The SMILES string of the molecule is Nc1ccc2nc(SCc3ccc(OCc4ccccc4)cc3)sc2c1. The lowest BCUT2D eigenvalue weighted by Gasteiger charge is -2.07. The number of fused-ring (bicyclic) bond motifs is 1. The Morgan fingerprint density at radius 2 is 1.73 bits per heavy atom. The lowest BCUT2D eigenvalue weighted by atomic mass is 10.2. The first kappa shape index (κ1) is 16.9. The maximum Gasteiger partial charge on any atom is 0.151 e. The van der Waals surface area contributed by atoms with Crippen LogP contribution in [0.1, 0.15) is 11.1 Å². The molecule has 4 rings (SSSR count). The van der Waals surface area contributed by atoms with Crippen LogP contribution in [0.5, 0.6) is 5.75 Å². The molecule has 3 aromatic carbocycles. The highest BCUT2D eigenvalue weighted by Crippen LogP contribution is 2.32. The number of nitrogens with zero attached hydrogens (tertiary/aromatic N) is 1. The quantitative estimate of drug-likeness (QED) is 0.343. The first-order chi connectivity index (χ1) is 12.8. The second kappa shape index (κ2) is 7.81. The highest BCUT2D eigenvalue weighted by molar-refractivity contribution is 8.00. The lowest BCUT2D eigenvalue weighted by molar-refractivity contribution is 0.306. The molecule has 1 aromatic heterocycles. The molecular weight excluding hydrogens is 360 g/mol. The van der Waals surface area contributed by atoms with E-state index in [9.17, 15) is 0 Å². The van der Waals surface area contributed by atoms with Crippen LogP contribution in [0.25, 0.3) is 10.2 Å². The third-order valence-electron chi connectivity index (χ3n) is 3.93. The molecule has 0 aliphatic rings. The van der Waals surface area contributed by atoms with Crippen molar-refractivity contribution in [2.45, 2.75) is 16.7 Å². The third kappa shape index (κ3) is 4.18. The van der Waals surface area contributed by atoms with Crippen molar-refractivity contribution in [3.63, 3.8) is 0 Å². The second-order valence-electron chi connectivity index (χ2n) is 5.91. The molecule has 0 spiro atoms. The van der Waals surface area contributed by atoms with Gasteiger partial charge in [-0.15, -0.1) is 11.3 Å². The van der Waals surface area contributed by atoms with E-state index in [0.717, 1.165) is 31.7 Å². The van der Waals surface area contributed by atoms with Gasteiger partial charge in [0.1, 0.15) is 12.4 Å². The van der Waals surface area contributed by atoms with Crippen molar-refractivity contribution in [1.82, 2.24) is 4.98 Å². The number of anilines is 1. The first-order valence-corrected chi connectivity index (χ1v) is 10.1. The van der Waals surface area contributed by atoms with Crippen molar-refractivity contribution in [1.29, 1.82) is 0 Å². The number of benzene rings is 3.